The van der Waals surface area contributed by atoms with E-state index in [1.54, 1.807) is 0 Å². The molecule has 0 saturated carbocycles. The molecule has 1 unspecified atom stereocenters. The molecule has 1 aliphatic rings. The molecule has 0 N–H and O–H groups in total. The second-order valence-corrected chi connectivity index (χ2v) is 4.77. The smallest absolute Gasteiger partial charge is 0.216 e. The summed E-state index contributed by atoms with van der Waals surface area (Å²) >= 11 is 16.9. The van der Waals surface area contributed by atoms with Crippen molar-refractivity contribution in [2.24, 2.45) is 0 Å². The molecule has 0 aliphatic carbocycles. The van der Waals surface area contributed by atoms with E-state index in [2.05, 4.69) is 0 Å². The van der Waals surface area contributed by atoms with Crippen molar-refractivity contribution in [3.63, 3.8) is 0 Å². The topological polar surface area (TPSA) is 9.23 Å². The maximum absolute atomic E-state index is 5.62. The van der Waals surface area contributed by atoms with Gasteiger partial charge in [0.15, 0.2) is 0 Å². The standard InChI is InChI=1S/C6H9Cl3O/c7-6(8,9)5-3-1-2-4-10-5/h5H,1-4H2. The Balaban J connectivity index is 2.39. The predicted molar refractivity (Wildman–Crippen MR) is 43.9 cm³/mol. The maximum Gasteiger partial charge on any atom is 0.216 e. The van der Waals surface area contributed by atoms with E-state index in [1.807, 2.05) is 0 Å². The zero-order valence-electron chi connectivity index (χ0n) is 5.45. The van der Waals surface area contributed by atoms with Gasteiger partial charge in [-0.05, 0) is 19.3 Å². The summed E-state index contributed by atoms with van der Waals surface area (Å²) < 4.78 is 4.01. The Morgan fingerprint density at radius 2 is 1.90 bits per heavy atom. The summed E-state index contributed by atoms with van der Waals surface area (Å²) in [4.78, 5) is 0. The molecular weight excluding hydrogens is 194 g/mol. The van der Waals surface area contributed by atoms with Crippen LogP contribution >= 0.6 is 34.8 Å². The van der Waals surface area contributed by atoms with Gasteiger partial charge in [-0.2, -0.15) is 0 Å². The lowest BCUT2D eigenvalue weighted by atomic mass is 10.1. The highest BCUT2D eigenvalue weighted by molar-refractivity contribution is 6.68. The molecule has 1 nitrogen and oxygen atoms in total. The fourth-order valence-corrected chi connectivity index (χ4v) is 1.52. The molecule has 60 valence electrons. The van der Waals surface area contributed by atoms with Gasteiger partial charge in [-0.3, -0.25) is 0 Å². The third-order valence-corrected chi connectivity index (χ3v) is 2.27. The van der Waals surface area contributed by atoms with Crippen molar-refractivity contribution >= 4 is 34.8 Å². The van der Waals surface area contributed by atoms with Crippen LogP contribution in [0.1, 0.15) is 19.3 Å². The first-order valence-electron chi connectivity index (χ1n) is 3.29. The average Bonchev–Trinajstić information content (AvgIpc) is 1.88. The first-order chi connectivity index (χ1) is 4.61. The van der Waals surface area contributed by atoms with Crippen molar-refractivity contribution in [2.75, 3.05) is 6.61 Å². The maximum atomic E-state index is 5.62. The van der Waals surface area contributed by atoms with Gasteiger partial charge in [-0.1, -0.05) is 34.8 Å². The van der Waals surface area contributed by atoms with Gasteiger partial charge in [-0.25, -0.2) is 0 Å². The van der Waals surface area contributed by atoms with Gasteiger partial charge in [-0.15, -0.1) is 0 Å². The van der Waals surface area contributed by atoms with E-state index in [0.717, 1.165) is 25.9 Å². The van der Waals surface area contributed by atoms with E-state index in [9.17, 15) is 0 Å². The number of hydrogen-bond donors (Lipinski definition) is 0. The van der Waals surface area contributed by atoms with Crippen molar-refractivity contribution in [3.8, 4) is 0 Å². The van der Waals surface area contributed by atoms with Crippen molar-refractivity contribution in [3.05, 3.63) is 0 Å². The van der Waals surface area contributed by atoms with Crippen molar-refractivity contribution in [1.29, 1.82) is 0 Å². The molecule has 1 rings (SSSR count). The Morgan fingerprint density at radius 3 is 2.20 bits per heavy atom. The quantitative estimate of drug-likeness (QED) is 0.550. The second kappa shape index (κ2) is 3.48. The summed E-state index contributed by atoms with van der Waals surface area (Å²) in [5.41, 5.74) is 0. The summed E-state index contributed by atoms with van der Waals surface area (Å²) in [5, 5.41) is 0. The van der Waals surface area contributed by atoms with E-state index < -0.39 is 3.79 Å². The van der Waals surface area contributed by atoms with Crippen molar-refractivity contribution in [1.82, 2.24) is 0 Å². The van der Waals surface area contributed by atoms with Crippen LogP contribution in [0.3, 0.4) is 0 Å². The number of ether oxygens (including phenoxy) is 1. The fraction of sp³-hybridized carbons (Fsp3) is 1.00. The monoisotopic (exact) mass is 202 g/mol. The van der Waals surface area contributed by atoms with E-state index >= 15 is 0 Å². The van der Waals surface area contributed by atoms with Gasteiger partial charge in [0.1, 0.15) is 6.10 Å². The van der Waals surface area contributed by atoms with Crippen LogP contribution in [-0.4, -0.2) is 16.5 Å². The van der Waals surface area contributed by atoms with Crippen LogP contribution < -0.4 is 0 Å². The largest absolute Gasteiger partial charge is 0.374 e. The summed E-state index contributed by atoms with van der Waals surface area (Å²) in [7, 11) is 0. The van der Waals surface area contributed by atoms with Gasteiger partial charge >= 0.3 is 0 Å². The van der Waals surface area contributed by atoms with E-state index in [-0.39, 0.29) is 6.10 Å². The van der Waals surface area contributed by atoms with Gasteiger partial charge in [0, 0.05) is 6.61 Å². The molecule has 1 aliphatic heterocycles. The molecule has 4 heteroatoms. The second-order valence-electron chi connectivity index (χ2n) is 2.40. The molecule has 10 heavy (non-hydrogen) atoms. The third-order valence-electron chi connectivity index (χ3n) is 1.54. The molecule has 0 aromatic carbocycles. The lowest BCUT2D eigenvalue weighted by Gasteiger charge is -2.27. The van der Waals surface area contributed by atoms with Gasteiger partial charge in [0.2, 0.25) is 3.79 Å². The Morgan fingerprint density at radius 1 is 1.20 bits per heavy atom. The van der Waals surface area contributed by atoms with E-state index in [1.165, 1.54) is 0 Å². The minimum atomic E-state index is -1.24. The molecule has 1 atom stereocenters. The predicted octanol–water partition coefficient (Wildman–Crippen LogP) is 2.93. The Hall–Kier alpha value is 0.830. The zero-order chi connectivity index (χ0) is 7.61. The van der Waals surface area contributed by atoms with Crippen LogP contribution in [0.4, 0.5) is 0 Å². The van der Waals surface area contributed by atoms with Gasteiger partial charge in [0.25, 0.3) is 0 Å². The number of rotatable bonds is 0. The summed E-state index contributed by atoms with van der Waals surface area (Å²) in [5.74, 6) is 0. The molecule has 0 amide bonds. The minimum Gasteiger partial charge on any atom is -0.374 e. The van der Waals surface area contributed by atoms with Crippen molar-refractivity contribution < 1.29 is 4.74 Å². The van der Waals surface area contributed by atoms with Crippen LogP contribution in [0, 0.1) is 0 Å². The van der Waals surface area contributed by atoms with Gasteiger partial charge < -0.3 is 4.74 Å². The van der Waals surface area contributed by atoms with Gasteiger partial charge in [0.05, 0.1) is 0 Å². The highest BCUT2D eigenvalue weighted by atomic mass is 35.6. The molecule has 1 saturated heterocycles. The molecule has 1 heterocycles. The summed E-state index contributed by atoms with van der Waals surface area (Å²) in [6.45, 7) is 0.721. The molecule has 0 aromatic rings. The Bertz CT molecular complexity index is 104. The molecule has 0 spiro atoms. The van der Waals surface area contributed by atoms with E-state index in [0.29, 0.717) is 0 Å². The SMILES string of the molecule is ClC(Cl)(Cl)C1CCCCO1. The van der Waals surface area contributed by atoms with Crippen LogP contribution in [0.25, 0.3) is 0 Å². The lowest BCUT2D eigenvalue weighted by Crippen LogP contribution is -2.31. The van der Waals surface area contributed by atoms with Crippen LogP contribution in [-0.2, 0) is 4.74 Å². The molecule has 0 bridgehead atoms. The summed E-state index contributed by atoms with van der Waals surface area (Å²) in [6.07, 6.45) is 2.83. The number of hydrogen-bond acceptors (Lipinski definition) is 1. The normalized spacial score (nSPS) is 28.5. The molecular formula is C6H9Cl3O. The third kappa shape index (κ3) is 2.46. The average molecular weight is 203 g/mol. The van der Waals surface area contributed by atoms with Crippen LogP contribution in [0.2, 0.25) is 0 Å². The first kappa shape index (κ1) is 8.92. The number of halogens is 3. The first-order valence-corrected chi connectivity index (χ1v) is 4.42. The minimum absolute atomic E-state index is 0.203. The highest BCUT2D eigenvalue weighted by Crippen LogP contribution is 2.36. The number of alkyl halides is 3. The van der Waals surface area contributed by atoms with Crippen molar-refractivity contribution in [2.45, 2.75) is 29.2 Å². The van der Waals surface area contributed by atoms with Crippen LogP contribution in [0.5, 0.6) is 0 Å². The Labute approximate surface area is 75.6 Å². The summed E-state index contributed by atoms with van der Waals surface area (Å²) in [6, 6.07) is 0. The Kier molecular flexibility index (Phi) is 3.11. The molecule has 1 fully saturated rings. The molecule has 0 radical (unpaired) electrons. The zero-order valence-corrected chi connectivity index (χ0v) is 7.72. The fourth-order valence-electron chi connectivity index (χ4n) is 0.999. The van der Waals surface area contributed by atoms with E-state index in [4.69, 9.17) is 39.5 Å². The lowest BCUT2D eigenvalue weighted by molar-refractivity contribution is 0.0189. The van der Waals surface area contributed by atoms with Crippen LogP contribution in [0.15, 0.2) is 0 Å². The highest BCUT2D eigenvalue weighted by Gasteiger charge is 2.34. The molecule has 0 aromatic heterocycles.